The van der Waals surface area contributed by atoms with E-state index in [1.807, 2.05) is 0 Å². The Bertz CT molecular complexity index is 297. The molecule has 68 valence electrons. The van der Waals surface area contributed by atoms with Crippen LogP contribution >= 0.6 is 11.6 Å². The zero-order valence-corrected chi connectivity index (χ0v) is 7.40. The molecule has 0 aliphatic rings. The van der Waals surface area contributed by atoms with Crippen LogP contribution in [0.1, 0.15) is 10.9 Å². The number of hydrogen-bond donors (Lipinski definition) is 0. The van der Waals surface area contributed by atoms with Crippen molar-refractivity contribution < 1.29 is 14.3 Å². The highest BCUT2D eigenvalue weighted by Crippen LogP contribution is 2.20. The van der Waals surface area contributed by atoms with Gasteiger partial charge in [0, 0.05) is 0 Å². The molecule has 13 heavy (non-hydrogen) atoms. The number of carbonyl (C=O) groups is 2. The summed E-state index contributed by atoms with van der Waals surface area (Å²) >= 11 is 5.70. The number of hydrogen-bond acceptors (Lipinski definition) is 3. The second kappa shape index (κ2) is 4.62. The largest absolute Gasteiger partial charge is 0.394 e. The fourth-order valence-electron chi connectivity index (χ4n) is 0.865. The Kier molecular flexibility index (Phi) is 3.46. The molecule has 0 saturated heterocycles. The Balaban J connectivity index is 2.73. The molecule has 0 N–H and O–H groups in total. The molecule has 0 saturated carbocycles. The molecule has 3 nitrogen and oxygen atoms in total. The summed E-state index contributed by atoms with van der Waals surface area (Å²) < 4.78 is 4.11. The number of benzene rings is 1. The number of carbonyl (C=O) groups excluding carboxylic acids is 2. The third-order valence-corrected chi connectivity index (χ3v) is 1.89. The minimum absolute atomic E-state index is 0.0701. The lowest BCUT2D eigenvalue weighted by Gasteiger charge is -2.05. The summed E-state index contributed by atoms with van der Waals surface area (Å²) in [5.41, 5.74) is 0.607. The van der Waals surface area contributed by atoms with Gasteiger partial charge >= 0.3 is 12.4 Å². The van der Waals surface area contributed by atoms with Gasteiger partial charge in [-0.3, -0.25) is 4.79 Å². The minimum atomic E-state index is -0.925. The van der Waals surface area contributed by atoms with Crippen molar-refractivity contribution in [1.82, 2.24) is 0 Å². The lowest BCUT2D eigenvalue weighted by atomic mass is 10.1. The first-order chi connectivity index (χ1) is 6.25. The molecule has 1 unspecified atom stereocenters. The normalized spacial score (nSPS) is 11.8. The van der Waals surface area contributed by atoms with E-state index >= 15 is 0 Å². The number of ether oxygens (including phenoxy) is 1. The Morgan fingerprint density at radius 2 is 2.00 bits per heavy atom. The van der Waals surface area contributed by atoms with Crippen LogP contribution in [0.15, 0.2) is 30.3 Å². The topological polar surface area (TPSA) is 43.4 Å². The molecular formula is C9H7ClO3. The molecule has 0 radical (unpaired) electrons. The van der Waals surface area contributed by atoms with E-state index in [-0.39, 0.29) is 6.47 Å². The predicted molar refractivity (Wildman–Crippen MR) is 47.2 cm³/mol. The van der Waals surface area contributed by atoms with E-state index in [1.165, 1.54) is 0 Å². The maximum atomic E-state index is 11.0. The van der Waals surface area contributed by atoms with E-state index in [2.05, 4.69) is 4.74 Å². The van der Waals surface area contributed by atoms with Crippen molar-refractivity contribution in [3.63, 3.8) is 0 Å². The highest BCUT2D eigenvalue weighted by Gasteiger charge is 2.18. The number of esters is 1. The molecule has 4 heteroatoms. The van der Waals surface area contributed by atoms with Crippen LogP contribution in [-0.4, -0.2) is 12.4 Å². The zero-order valence-electron chi connectivity index (χ0n) is 6.64. The number of halogens is 1. The first-order valence-corrected chi connectivity index (χ1v) is 4.02. The van der Waals surface area contributed by atoms with E-state index in [1.54, 1.807) is 30.3 Å². The Morgan fingerprint density at radius 1 is 1.38 bits per heavy atom. The van der Waals surface area contributed by atoms with Crippen molar-refractivity contribution in [1.29, 1.82) is 0 Å². The van der Waals surface area contributed by atoms with Crippen LogP contribution in [0.25, 0.3) is 0 Å². The standard InChI is InChI=1S/C9H7ClO3/c10-8(9(12)13-6-11)7-4-2-1-3-5-7/h1-6,8H. The van der Waals surface area contributed by atoms with Gasteiger partial charge in [0.2, 0.25) is 0 Å². The molecule has 0 amide bonds. The molecule has 0 bridgehead atoms. The Morgan fingerprint density at radius 3 is 2.54 bits per heavy atom. The molecular weight excluding hydrogens is 192 g/mol. The minimum Gasteiger partial charge on any atom is -0.394 e. The quantitative estimate of drug-likeness (QED) is 0.321. The monoisotopic (exact) mass is 198 g/mol. The second-order valence-electron chi connectivity index (χ2n) is 2.31. The highest BCUT2D eigenvalue weighted by atomic mass is 35.5. The first kappa shape index (κ1) is 9.74. The summed E-state index contributed by atoms with van der Waals surface area (Å²) in [6.07, 6.45) is 0. The van der Waals surface area contributed by atoms with Crippen molar-refractivity contribution in [2.45, 2.75) is 5.38 Å². The van der Waals surface area contributed by atoms with Gasteiger partial charge < -0.3 is 4.74 Å². The van der Waals surface area contributed by atoms with Gasteiger partial charge in [0.1, 0.15) is 0 Å². The van der Waals surface area contributed by atoms with E-state index in [4.69, 9.17) is 11.6 Å². The summed E-state index contributed by atoms with van der Waals surface area (Å²) in [6, 6.07) is 8.67. The van der Waals surface area contributed by atoms with Crippen molar-refractivity contribution >= 4 is 24.0 Å². The molecule has 1 aromatic carbocycles. The lowest BCUT2D eigenvalue weighted by Crippen LogP contribution is -2.09. The van der Waals surface area contributed by atoms with Gasteiger partial charge in [-0.2, -0.15) is 0 Å². The molecule has 0 spiro atoms. The zero-order chi connectivity index (χ0) is 9.68. The van der Waals surface area contributed by atoms with Crippen LogP contribution in [0.5, 0.6) is 0 Å². The van der Waals surface area contributed by atoms with E-state index in [0.29, 0.717) is 5.56 Å². The smallest absolute Gasteiger partial charge is 0.336 e. The average Bonchev–Trinajstić information content (AvgIpc) is 2.18. The van der Waals surface area contributed by atoms with Crippen LogP contribution < -0.4 is 0 Å². The average molecular weight is 199 g/mol. The highest BCUT2D eigenvalue weighted by molar-refractivity contribution is 6.30. The van der Waals surface area contributed by atoms with Gasteiger partial charge in [-0.05, 0) is 5.56 Å². The van der Waals surface area contributed by atoms with Crippen molar-refractivity contribution in [3.05, 3.63) is 35.9 Å². The van der Waals surface area contributed by atoms with Crippen LogP contribution in [0, 0.1) is 0 Å². The SMILES string of the molecule is O=COC(=O)C(Cl)c1ccccc1. The Labute approximate surface area is 80.3 Å². The maximum absolute atomic E-state index is 11.0. The fraction of sp³-hybridized carbons (Fsp3) is 0.111. The summed E-state index contributed by atoms with van der Waals surface area (Å²) in [4.78, 5) is 20.8. The predicted octanol–water partition coefficient (Wildman–Crippen LogP) is 1.67. The molecule has 0 fully saturated rings. The van der Waals surface area contributed by atoms with Crippen LogP contribution in [0.4, 0.5) is 0 Å². The molecule has 0 aromatic heterocycles. The van der Waals surface area contributed by atoms with Crippen LogP contribution in [0.3, 0.4) is 0 Å². The summed E-state index contributed by atoms with van der Waals surface area (Å²) in [5.74, 6) is -0.761. The van der Waals surface area contributed by atoms with E-state index in [9.17, 15) is 9.59 Å². The number of alkyl halides is 1. The van der Waals surface area contributed by atoms with Gasteiger partial charge in [-0.1, -0.05) is 30.3 Å². The van der Waals surface area contributed by atoms with Gasteiger partial charge in [0.25, 0.3) is 0 Å². The molecule has 1 rings (SSSR count). The van der Waals surface area contributed by atoms with E-state index < -0.39 is 11.3 Å². The molecule has 0 heterocycles. The Hall–Kier alpha value is -1.35. The number of rotatable bonds is 3. The van der Waals surface area contributed by atoms with Crippen LogP contribution in [-0.2, 0) is 14.3 Å². The van der Waals surface area contributed by atoms with Crippen molar-refractivity contribution in [2.24, 2.45) is 0 Å². The van der Waals surface area contributed by atoms with Gasteiger partial charge in [-0.15, -0.1) is 11.6 Å². The third-order valence-electron chi connectivity index (χ3n) is 1.46. The fourth-order valence-corrected chi connectivity index (χ4v) is 1.06. The van der Waals surface area contributed by atoms with Gasteiger partial charge in [0.15, 0.2) is 5.38 Å². The molecule has 1 atom stereocenters. The third kappa shape index (κ3) is 2.56. The molecule has 1 aromatic rings. The van der Waals surface area contributed by atoms with Crippen molar-refractivity contribution in [3.8, 4) is 0 Å². The molecule has 0 aliphatic carbocycles. The van der Waals surface area contributed by atoms with Gasteiger partial charge in [-0.25, -0.2) is 4.79 Å². The van der Waals surface area contributed by atoms with Crippen molar-refractivity contribution in [2.75, 3.05) is 0 Å². The lowest BCUT2D eigenvalue weighted by molar-refractivity contribution is -0.151. The molecule has 0 aliphatic heterocycles. The summed E-state index contributed by atoms with van der Waals surface area (Å²) in [7, 11) is 0. The summed E-state index contributed by atoms with van der Waals surface area (Å²) in [5, 5.41) is -0.925. The summed E-state index contributed by atoms with van der Waals surface area (Å²) in [6.45, 7) is 0.0701. The van der Waals surface area contributed by atoms with E-state index in [0.717, 1.165) is 0 Å². The first-order valence-electron chi connectivity index (χ1n) is 3.59. The second-order valence-corrected chi connectivity index (χ2v) is 2.74. The van der Waals surface area contributed by atoms with Crippen LogP contribution in [0.2, 0.25) is 0 Å². The van der Waals surface area contributed by atoms with Gasteiger partial charge in [0.05, 0.1) is 0 Å². The maximum Gasteiger partial charge on any atom is 0.336 e.